The maximum Gasteiger partial charge on any atom is 0.324 e. The zero-order chi connectivity index (χ0) is 9.84. The summed E-state index contributed by atoms with van der Waals surface area (Å²) in [6, 6.07) is -0.172. The molecule has 0 radical (unpaired) electrons. The summed E-state index contributed by atoms with van der Waals surface area (Å²) in [7, 11) is 3.88. The fourth-order valence-corrected chi connectivity index (χ4v) is 1.46. The molecule has 0 bridgehead atoms. The molecular weight excluding hydrogens is 168 g/mol. The van der Waals surface area contributed by atoms with Gasteiger partial charge in [-0.25, -0.2) is 0 Å². The standard InChI is InChI=1S/C8H14N4O/c1-11-3-4-12(2)7(6-11)8(13)5-10-9/h5,7H,3-4,6H2,1-2H3/t7-/m1/s1. The molecule has 0 amide bonds. The van der Waals surface area contributed by atoms with E-state index in [4.69, 9.17) is 5.53 Å². The van der Waals surface area contributed by atoms with Crippen LogP contribution in [-0.2, 0) is 4.79 Å². The van der Waals surface area contributed by atoms with Gasteiger partial charge >= 0.3 is 6.21 Å². The molecule has 1 atom stereocenters. The van der Waals surface area contributed by atoms with E-state index >= 15 is 0 Å². The van der Waals surface area contributed by atoms with Crippen LogP contribution >= 0.6 is 0 Å². The van der Waals surface area contributed by atoms with Crippen LogP contribution in [0.1, 0.15) is 0 Å². The summed E-state index contributed by atoms with van der Waals surface area (Å²) in [5, 5.41) is 0. The summed E-state index contributed by atoms with van der Waals surface area (Å²) in [4.78, 5) is 18.2. The van der Waals surface area contributed by atoms with Gasteiger partial charge in [0.2, 0.25) is 0 Å². The lowest BCUT2D eigenvalue weighted by atomic mass is 10.1. The van der Waals surface area contributed by atoms with E-state index in [9.17, 15) is 4.79 Å². The van der Waals surface area contributed by atoms with Gasteiger partial charge in [-0.2, -0.15) is 4.79 Å². The van der Waals surface area contributed by atoms with Gasteiger partial charge in [-0.05, 0) is 14.1 Å². The van der Waals surface area contributed by atoms with E-state index in [1.807, 2.05) is 19.0 Å². The van der Waals surface area contributed by atoms with Crippen LogP contribution < -0.4 is 0 Å². The second kappa shape index (κ2) is 4.28. The number of carbonyl (C=O) groups excluding carboxylic acids is 1. The third-order valence-corrected chi connectivity index (χ3v) is 2.36. The predicted octanol–water partition coefficient (Wildman–Crippen LogP) is -0.898. The number of ketones is 1. The summed E-state index contributed by atoms with van der Waals surface area (Å²) >= 11 is 0. The highest BCUT2D eigenvalue weighted by molar-refractivity contribution is 6.27. The Balaban J connectivity index is 2.65. The molecule has 0 spiro atoms. The molecule has 1 rings (SSSR count). The van der Waals surface area contributed by atoms with E-state index < -0.39 is 0 Å². The van der Waals surface area contributed by atoms with Crippen molar-refractivity contribution in [2.24, 2.45) is 0 Å². The normalized spacial score (nSPS) is 25.2. The largest absolute Gasteiger partial charge is 0.361 e. The Morgan fingerprint density at radius 3 is 2.85 bits per heavy atom. The third-order valence-electron chi connectivity index (χ3n) is 2.36. The molecule has 5 heteroatoms. The molecule has 1 aliphatic heterocycles. The molecule has 0 aliphatic carbocycles. The Morgan fingerprint density at radius 1 is 1.54 bits per heavy atom. The minimum Gasteiger partial charge on any atom is -0.361 e. The van der Waals surface area contributed by atoms with Gasteiger partial charge in [-0.15, -0.1) is 0 Å². The van der Waals surface area contributed by atoms with Crippen molar-refractivity contribution in [2.45, 2.75) is 6.04 Å². The molecule has 0 saturated carbocycles. The van der Waals surface area contributed by atoms with Crippen LogP contribution in [0.25, 0.3) is 5.53 Å². The van der Waals surface area contributed by atoms with E-state index in [-0.39, 0.29) is 11.8 Å². The summed E-state index contributed by atoms with van der Waals surface area (Å²) in [6.45, 7) is 2.53. The molecule has 0 N–H and O–H groups in total. The van der Waals surface area contributed by atoms with E-state index in [2.05, 4.69) is 9.69 Å². The van der Waals surface area contributed by atoms with Crippen LogP contribution in [0.4, 0.5) is 0 Å². The van der Waals surface area contributed by atoms with Crippen LogP contribution in [0.15, 0.2) is 0 Å². The fourth-order valence-electron chi connectivity index (χ4n) is 1.46. The molecule has 0 aromatic heterocycles. The molecule has 5 nitrogen and oxygen atoms in total. The van der Waals surface area contributed by atoms with E-state index in [0.717, 1.165) is 19.3 Å². The Hall–Kier alpha value is -1.03. The van der Waals surface area contributed by atoms with E-state index in [0.29, 0.717) is 6.54 Å². The maximum atomic E-state index is 11.4. The van der Waals surface area contributed by atoms with Gasteiger partial charge in [-0.3, -0.25) is 9.69 Å². The third kappa shape index (κ3) is 2.45. The molecule has 0 unspecified atom stereocenters. The number of hydrogen-bond acceptors (Lipinski definition) is 3. The van der Waals surface area contributed by atoms with Crippen LogP contribution in [0.5, 0.6) is 0 Å². The van der Waals surface area contributed by atoms with Gasteiger partial charge in [-0.1, -0.05) is 0 Å². The Bertz CT molecular complexity index is 247. The number of carbonyl (C=O) groups is 1. The molecule has 72 valence electrons. The highest BCUT2D eigenvalue weighted by Crippen LogP contribution is 2.05. The van der Waals surface area contributed by atoms with Crippen molar-refractivity contribution >= 4 is 12.0 Å². The molecule has 1 aliphatic rings. The van der Waals surface area contributed by atoms with Crippen molar-refractivity contribution in [1.29, 1.82) is 0 Å². The number of nitrogens with zero attached hydrogens (tertiary/aromatic N) is 4. The van der Waals surface area contributed by atoms with E-state index in [1.54, 1.807) is 0 Å². The molecular formula is C8H14N4O. The smallest absolute Gasteiger partial charge is 0.324 e. The van der Waals surface area contributed by atoms with Gasteiger partial charge < -0.3 is 10.4 Å². The molecule has 1 heterocycles. The Kier molecular flexibility index (Phi) is 3.31. The quantitative estimate of drug-likeness (QED) is 0.316. The summed E-state index contributed by atoms with van der Waals surface area (Å²) in [5.74, 6) is -0.142. The Labute approximate surface area is 77.6 Å². The minimum atomic E-state index is -0.172. The minimum absolute atomic E-state index is 0.142. The van der Waals surface area contributed by atoms with Gasteiger partial charge in [0.05, 0.1) is 6.04 Å². The van der Waals surface area contributed by atoms with Crippen molar-refractivity contribution in [1.82, 2.24) is 9.80 Å². The highest BCUT2D eigenvalue weighted by Gasteiger charge is 2.29. The van der Waals surface area contributed by atoms with Gasteiger partial charge in [0, 0.05) is 19.6 Å². The summed E-state index contributed by atoms with van der Waals surface area (Å²) in [6.07, 6.45) is 0.973. The average molecular weight is 182 g/mol. The second-order valence-corrected chi connectivity index (χ2v) is 3.41. The number of hydrogen-bond donors (Lipinski definition) is 0. The van der Waals surface area contributed by atoms with Crippen LogP contribution in [0, 0.1) is 0 Å². The SMILES string of the molecule is CN1CCN(C)[C@@H](C(=O)C=[N+]=[N-])C1. The second-order valence-electron chi connectivity index (χ2n) is 3.41. The predicted molar refractivity (Wildman–Crippen MR) is 48.6 cm³/mol. The van der Waals surface area contributed by atoms with Crippen molar-refractivity contribution in [3.8, 4) is 0 Å². The fraction of sp³-hybridized carbons (Fsp3) is 0.750. The number of Topliss-reactive ketones (excluding diaryl/α,β-unsaturated/α-hetero) is 1. The Morgan fingerprint density at radius 2 is 2.23 bits per heavy atom. The zero-order valence-corrected chi connectivity index (χ0v) is 7.97. The van der Waals surface area contributed by atoms with Crippen LogP contribution in [0.3, 0.4) is 0 Å². The zero-order valence-electron chi connectivity index (χ0n) is 7.97. The number of rotatable bonds is 2. The number of likely N-dealkylation sites (N-methyl/N-ethyl adjacent to an activating group) is 2. The topological polar surface area (TPSA) is 60.0 Å². The van der Waals surface area contributed by atoms with E-state index in [1.165, 1.54) is 0 Å². The van der Waals surface area contributed by atoms with Crippen LogP contribution in [-0.4, -0.2) is 66.4 Å². The first-order chi connectivity index (χ1) is 6.15. The molecule has 0 aromatic carbocycles. The van der Waals surface area contributed by atoms with Gasteiger partial charge in [0.25, 0.3) is 5.78 Å². The lowest BCUT2D eigenvalue weighted by molar-refractivity contribution is -0.122. The van der Waals surface area contributed by atoms with Crippen molar-refractivity contribution in [3.63, 3.8) is 0 Å². The monoisotopic (exact) mass is 182 g/mol. The average Bonchev–Trinajstić information content (AvgIpc) is 2.09. The maximum absolute atomic E-state index is 11.4. The lowest BCUT2D eigenvalue weighted by Gasteiger charge is -2.35. The molecule has 1 fully saturated rings. The van der Waals surface area contributed by atoms with Gasteiger partial charge in [0.15, 0.2) is 0 Å². The van der Waals surface area contributed by atoms with Crippen molar-refractivity contribution in [3.05, 3.63) is 5.53 Å². The van der Waals surface area contributed by atoms with Crippen LogP contribution in [0.2, 0.25) is 0 Å². The summed E-state index contributed by atoms with van der Waals surface area (Å²) < 4.78 is 0. The van der Waals surface area contributed by atoms with Crippen molar-refractivity contribution < 1.29 is 9.58 Å². The summed E-state index contributed by atoms with van der Waals surface area (Å²) in [5.41, 5.74) is 8.24. The number of piperazine rings is 1. The molecule has 13 heavy (non-hydrogen) atoms. The lowest BCUT2D eigenvalue weighted by Crippen LogP contribution is -2.53. The van der Waals surface area contributed by atoms with Gasteiger partial charge in [0.1, 0.15) is 0 Å². The highest BCUT2D eigenvalue weighted by atomic mass is 16.1. The first kappa shape index (κ1) is 10.1. The first-order valence-corrected chi connectivity index (χ1v) is 4.25. The molecule has 0 aromatic rings. The first-order valence-electron chi connectivity index (χ1n) is 4.25. The van der Waals surface area contributed by atoms with Crippen molar-refractivity contribution in [2.75, 3.05) is 33.7 Å². The molecule has 1 saturated heterocycles.